The first-order valence-electron chi connectivity index (χ1n) is 14.6. The molecule has 3 rings (SSSR count). The lowest BCUT2D eigenvalue weighted by Gasteiger charge is -2.41. The normalized spacial score (nSPS) is 18.8. The molecule has 2 atom stereocenters. The van der Waals surface area contributed by atoms with E-state index >= 15 is 4.39 Å². The van der Waals surface area contributed by atoms with Crippen molar-refractivity contribution in [2.75, 3.05) is 32.8 Å². The first kappa shape index (κ1) is 31.0. The summed E-state index contributed by atoms with van der Waals surface area (Å²) >= 11 is 0. The van der Waals surface area contributed by atoms with Crippen molar-refractivity contribution in [1.29, 1.82) is 5.41 Å². The highest BCUT2D eigenvalue weighted by molar-refractivity contribution is 5.96. The molecule has 2 unspecified atom stereocenters. The Balaban J connectivity index is 1.61. The van der Waals surface area contributed by atoms with Crippen LogP contribution >= 0.6 is 0 Å². The molecule has 3 N–H and O–H groups in total. The molecule has 0 aliphatic carbocycles. The van der Waals surface area contributed by atoms with Crippen molar-refractivity contribution in [3.8, 4) is 0 Å². The fourth-order valence-corrected chi connectivity index (χ4v) is 5.84. The van der Waals surface area contributed by atoms with Gasteiger partial charge in [0.1, 0.15) is 17.9 Å². The lowest BCUT2D eigenvalue weighted by Crippen LogP contribution is -2.54. The zero-order chi connectivity index (χ0) is 28.6. The van der Waals surface area contributed by atoms with E-state index in [1.54, 1.807) is 13.0 Å². The quantitative estimate of drug-likeness (QED) is 0.171. The molecule has 2 aliphatic heterocycles. The number of halogens is 1. The van der Waals surface area contributed by atoms with Gasteiger partial charge in [0.15, 0.2) is 0 Å². The van der Waals surface area contributed by atoms with Crippen LogP contribution in [0.5, 0.6) is 0 Å². The molecule has 0 spiro atoms. The monoisotopic (exact) mass is 546 g/mol. The Hall–Kier alpha value is -2.52. The third kappa shape index (κ3) is 8.01. The van der Waals surface area contributed by atoms with Crippen LogP contribution in [0.4, 0.5) is 4.39 Å². The van der Waals surface area contributed by atoms with Crippen LogP contribution in [0.15, 0.2) is 18.2 Å². The molecule has 2 heterocycles. The molecule has 1 aromatic rings. The second kappa shape index (κ2) is 14.2. The number of likely N-dealkylation sites (tertiary alicyclic amines) is 2. The van der Waals surface area contributed by atoms with Gasteiger partial charge in [-0.15, -0.1) is 0 Å². The highest BCUT2D eigenvalue weighted by atomic mass is 19.1. The van der Waals surface area contributed by atoms with Gasteiger partial charge in [-0.05, 0) is 64.9 Å². The summed E-state index contributed by atoms with van der Waals surface area (Å²) in [6.45, 7) is 10.6. The molecule has 0 bridgehead atoms. The SMILES string of the molecule is CCOC(=O)CC1CCN(C(=O)C(C)(C)C(CC)NC(O)c2ccc(C(=N)N3CCCCCC3)cc2F)CC1. The number of nitrogens with one attached hydrogen (secondary N) is 2. The smallest absolute Gasteiger partial charge is 0.306 e. The van der Waals surface area contributed by atoms with Crippen molar-refractivity contribution >= 4 is 17.7 Å². The standard InChI is InChI=1S/C30H47FN4O4/c1-5-25(30(3,4)29(38)35-17-13-21(14-18-35)19-26(36)39-6-2)33-28(37)23-12-11-22(20-24(23)31)27(32)34-15-9-7-8-10-16-34/h11-12,20-21,25,28,32-33,37H,5-10,13-19H2,1-4H3. The van der Waals surface area contributed by atoms with E-state index in [0.717, 1.165) is 51.6 Å². The van der Waals surface area contributed by atoms with Crippen LogP contribution in [0.25, 0.3) is 0 Å². The number of rotatable bonds is 10. The van der Waals surface area contributed by atoms with Crippen molar-refractivity contribution in [2.24, 2.45) is 11.3 Å². The molecule has 218 valence electrons. The van der Waals surface area contributed by atoms with Crippen LogP contribution in [-0.4, -0.2) is 71.4 Å². The van der Waals surface area contributed by atoms with Gasteiger partial charge in [-0.3, -0.25) is 20.3 Å². The molecule has 9 heteroatoms. The summed E-state index contributed by atoms with van der Waals surface area (Å²) in [5.41, 5.74) is -0.238. The average Bonchev–Trinajstić information content (AvgIpc) is 3.21. The molecule has 0 radical (unpaired) electrons. The van der Waals surface area contributed by atoms with Crippen molar-refractivity contribution < 1.29 is 23.8 Å². The van der Waals surface area contributed by atoms with Crippen molar-refractivity contribution in [3.63, 3.8) is 0 Å². The van der Waals surface area contributed by atoms with Gasteiger partial charge >= 0.3 is 5.97 Å². The number of nitrogens with zero attached hydrogens (tertiary/aromatic N) is 2. The second-order valence-corrected chi connectivity index (χ2v) is 11.5. The molecule has 0 aromatic heterocycles. The fraction of sp³-hybridized carbons (Fsp3) is 0.700. The molecular weight excluding hydrogens is 499 g/mol. The number of hydrogen-bond acceptors (Lipinski definition) is 6. The first-order chi connectivity index (χ1) is 18.6. The van der Waals surface area contributed by atoms with Crippen molar-refractivity contribution in [3.05, 3.63) is 35.1 Å². The average molecular weight is 547 g/mol. The third-order valence-corrected chi connectivity index (χ3v) is 8.34. The van der Waals surface area contributed by atoms with E-state index < -0.39 is 23.5 Å². The Morgan fingerprint density at radius 2 is 1.74 bits per heavy atom. The number of amides is 1. The highest BCUT2D eigenvalue weighted by Crippen LogP contribution is 2.31. The van der Waals surface area contributed by atoms with E-state index in [1.807, 2.05) is 30.6 Å². The number of piperidine rings is 1. The number of ether oxygens (including phenoxy) is 1. The molecule has 8 nitrogen and oxygen atoms in total. The number of amidine groups is 1. The number of carbonyl (C=O) groups excluding carboxylic acids is 2. The summed E-state index contributed by atoms with van der Waals surface area (Å²) in [6.07, 6.45) is 5.52. The summed E-state index contributed by atoms with van der Waals surface area (Å²) in [5.74, 6) is -0.259. The lowest BCUT2D eigenvalue weighted by molar-refractivity contribution is -0.146. The van der Waals surface area contributed by atoms with Gasteiger partial charge in [-0.25, -0.2) is 4.39 Å². The van der Waals surface area contributed by atoms with Gasteiger partial charge < -0.3 is 19.6 Å². The van der Waals surface area contributed by atoms with Gasteiger partial charge in [0.05, 0.1) is 12.0 Å². The Morgan fingerprint density at radius 1 is 1.10 bits per heavy atom. The van der Waals surface area contributed by atoms with E-state index in [-0.39, 0.29) is 23.4 Å². The number of hydrogen-bond donors (Lipinski definition) is 3. The highest BCUT2D eigenvalue weighted by Gasteiger charge is 2.40. The third-order valence-electron chi connectivity index (χ3n) is 8.34. The number of carbonyl (C=O) groups is 2. The lowest BCUT2D eigenvalue weighted by atomic mass is 9.80. The maximum atomic E-state index is 15.2. The fourth-order valence-electron chi connectivity index (χ4n) is 5.84. The van der Waals surface area contributed by atoms with Crippen LogP contribution in [0.3, 0.4) is 0 Å². The van der Waals surface area contributed by atoms with Crippen molar-refractivity contribution in [1.82, 2.24) is 15.1 Å². The van der Waals surface area contributed by atoms with Gasteiger partial charge in [-0.2, -0.15) is 0 Å². The maximum absolute atomic E-state index is 15.2. The first-order valence-corrected chi connectivity index (χ1v) is 14.6. The van der Waals surface area contributed by atoms with E-state index in [1.165, 1.54) is 12.1 Å². The van der Waals surface area contributed by atoms with E-state index in [2.05, 4.69) is 5.32 Å². The Bertz CT molecular complexity index is 985. The molecule has 2 saturated heterocycles. The largest absolute Gasteiger partial charge is 0.466 e. The van der Waals surface area contributed by atoms with E-state index in [0.29, 0.717) is 43.9 Å². The zero-order valence-corrected chi connectivity index (χ0v) is 24.1. The molecule has 2 aliphatic rings. The van der Waals surface area contributed by atoms with Crippen LogP contribution < -0.4 is 5.32 Å². The van der Waals surface area contributed by atoms with Crippen LogP contribution in [0.1, 0.15) is 96.4 Å². The molecule has 2 fully saturated rings. The van der Waals surface area contributed by atoms with E-state index in [4.69, 9.17) is 10.1 Å². The number of esters is 1. The predicted octanol–water partition coefficient (Wildman–Crippen LogP) is 4.60. The summed E-state index contributed by atoms with van der Waals surface area (Å²) in [6, 6.07) is 4.15. The summed E-state index contributed by atoms with van der Waals surface area (Å²) in [5, 5.41) is 22.6. The molecular formula is C30H47FN4O4. The maximum Gasteiger partial charge on any atom is 0.306 e. The van der Waals surface area contributed by atoms with E-state index in [9.17, 15) is 14.7 Å². The summed E-state index contributed by atoms with van der Waals surface area (Å²) in [4.78, 5) is 29.2. The minimum atomic E-state index is -1.29. The summed E-state index contributed by atoms with van der Waals surface area (Å²) < 4.78 is 20.2. The molecule has 1 amide bonds. The van der Waals surface area contributed by atoms with Gasteiger partial charge in [0.25, 0.3) is 0 Å². The Labute approximate surface area is 232 Å². The number of aliphatic hydroxyl groups excluding tert-OH is 1. The molecule has 0 saturated carbocycles. The minimum Gasteiger partial charge on any atom is -0.466 e. The number of aliphatic hydroxyl groups is 1. The number of benzene rings is 1. The van der Waals surface area contributed by atoms with Crippen LogP contribution in [-0.2, 0) is 14.3 Å². The van der Waals surface area contributed by atoms with Gasteiger partial charge in [0, 0.05) is 49.8 Å². The van der Waals surface area contributed by atoms with Gasteiger partial charge in [-0.1, -0.05) is 31.9 Å². The second-order valence-electron chi connectivity index (χ2n) is 11.5. The summed E-state index contributed by atoms with van der Waals surface area (Å²) in [7, 11) is 0. The topological polar surface area (TPSA) is 106 Å². The predicted molar refractivity (Wildman–Crippen MR) is 150 cm³/mol. The molecule has 1 aromatic carbocycles. The van der Waals surface area contributed by atoms with Crippen LogP contribution in [0, 0.1) is 22.6 Å². The minimum absolute atomic E-state index is 0.0228. The van der Waals surface area contributed by atoms with Gasteiger partial charge in [0.2, 0.25) is 5.91 Å². The Morgan fingerprint density at radius 3 is 2.31 bits per heavy atom. The molecule has 39 heavy (non-hydrogen) atoms. The Kier molecular flexibility index (Phi) is 11.3. The van der Waals surface area contributed by atoms with Crippen molar-refractivity contribution in [2.45, 2.75) is 91.3 Å². The van der Waals surface area contributed by atoms with Crippen LogP contribution in [0.2, 0.25) is 0 Å². The zero-order valence-electron chi connectivity index (χ0n) is 24.1.